The topological polar surface area (TPSA) is 87.3 Å². The molecular formula is C17H22ClN3O3. The van der Waals surface area contributed by atoms with Crippen LogP contribution in [-0.4, -0.2) is 36.3 Å². The van der Waals surface area contributed by atoms with Gasteiger partial charge in [0.15, 0.2) is 0 Å². The molecule has 1 aromatic carbocycles. The predicted octanol–water partition coefficient (Wildman–Crippen LogP) is 1.55. The van der Waals surface area contributed by atoms with Gasteiger partial charge in [-0.05, 0) is 44.4 Å². The lowest BCUT2D eigenvalue weighted by molar-refractivity contribution is -0.131. The summed E-state index contributed by atoms with van der Waals surface area (Å²) in [6.07, 6.45) is 1.82. The van der Waals surface area contributed by atoms with Gasteiger partial charge in [0.25, 0.3) is 5.91 Å². The Balaban J connectivity index is 1.83. The van der Waals surface area contributed by atoms with Crippen LogP contribution < -0.4 is 16.0 Å². The van der Waals surface area contributed by atoms with Crippen molar-refractivity contribution >= 4 is 29.3 Å². The Bertz CT molecular complexity index is 648. The molecule has 1 heterocycles. The first-order chi connectivity index (χ1) is 11.4. The molecular weight excluding hydrogens is 330 g/mol. The highest BCUT2D eigenvalue weighted by atomic mass is 35.5. The molecule has 0 unspecified atom stereocenters. The fourth-order valence-electron chi connectivity index (χ4n) is 2.58. The van der Waals surface area contributed by atoms with Crippen molar-refractivity contribution in [1.29, 1.82) is 0 Å². The summed E-state index contributed by atoms with van der Waals surface area (Å²) in [7, 11) is 0. The van der Waals surface area contributed by atoms with Crippen LogP contribution >= 0.6 is 11.6 Å². The van der Waals surface area contributed by atoms with E-state index in [1.54, 1.807) is 25.1 Å². The van der Waals surface area contributed by atoms with E-state index in [9.17, 15) is 14.4 Å². The van der Waals surface area contributed by atoms with Crippen LogP contribution in [0.4, 0.5) is 0 Å². The third kappa shape index (κ3) is 4.96. The van der Waals surface area contributed by atoms with Gasteiger partial charge in [-0.25, -0.2) is 0 Å². The second-order valence-corrected chi connectivity index (χ2v) is 6.53. The van der Waals surface area contributed by atoms with E-state index in [4.69, 9.17) is 11.6 Å². The Labute approximate surface area is 146 Å². The average molecular weight is 352 g/mol. The molecule has 6 nitrogen and oxygen atoms in total. The summed E-state index contributed by atoms with van der Waals surface area (Å²) < 4.78 is 0. The van der Waals surface area contributed by atoms with Crippen LogP contribution in [0.5, 0.6) is 0 Å². The molecule has 24 heavy (non-hydrogen) atoms. The number of rotatable bonds is 5. The molecule has 0 bridgehead atoms. The molecule has 7 heteroatoms. The summed E-state index contributed by atoms with van der Waals surface area (Å²) in [5.41, 5.74) is 1.35. The zero-order valence-corrected chi connectivity index (χ0v) is 14.6. The minimum atomic E-state index is -0.487. The molecule has 130 valence electrons. The molecule has 0 saturated carbocycles. The third-order valence-corrected chi connectivity index (χ3v) is 4.19. The Hall–Kier alpha value is -2.08. The minimum absolute atomic E-state index is 0.0983. The van der Waals surface area contributed by atoms with Crippen LogP contribution in [-0.2, 0) is 9.59 Å². The monoisotopic (exact) mass is 351 g/mol. The number of halogens is 1. The van der Waals surface area contributed by atoms with Crippen LogP contribution in [0.15, 0.2) is 18.2 Å². The lowest BCUT2D eigenvalue weighted by Crippen LogP contribution is -2.52. The molecule has 0 aromatic heterocycles. The van der Waals surface area contributed by atoms with Gasteiger partial charge in [-0.3, -0.25) is 14.4 Å². The smallest absolute Gasteiger partial charge is 0.251 e. The summed E-state index contributed by atoms with van der Waals surface area (Å²) in [5, 5.41) is 8.77. The summed E-state index contributed by atoms with van der Waals surface area (Å²) in [6.45, 7) is 3.92. The number of hydrogen-bond donors (Lipinski definition) is 3. The Kier molecular flexibility index (Phi) is 6.20. The molecule has 2 rings (SSSR count). The van der Waals surface area contributed by atoms with Crippen LogP contribution in [0.25, 0.3) is 0 Å². The lowest BCUT2D eigenvalue weighted by Gasteiger charge is -2.24. The number of nitrogens with one attached hydrogen (secondary N) is 3. The van der Waals surface area contributed by atoms with Crippen molar-refractivity contribution in [3.8, 4) is 0 Å². The van der Waals surface area contributed by atoms with Gasteiger partial charge in [0.2, 0.25) is 11.8 Å². The molecule has 0 aliphatic carbocycles. The van der Waals surface area contributed by atoms with E-state index in [-0.39, 0.29) is 30.3 Å². The molecule has 1 saturated heterocycles. The predicted molar refractivity (Wildman–Crippen MR) is 91.9 cm³/mol. The molecule has 3 N–H and O–H groups in total. The van der Waals surface area contributed by atoms with Crippen molar-refractivity contribution in [3.63, 3.8) is 0 Å². The van der Waals surface area contributed by atoms with E-state index in [0.717, 1.165) is 5.56 Å². The number of hydrogen-bond acceptors (Lipinski definition) is 3. The maximum Gasteiger partial charge on any atom is 0.251 e. The van der Waals surface area contributed by atoms with E-state index in [1.807, 2.05) is 6.92 Å². The average Bonchev–Trinajstić information content (AvgIpc) is 2.54. The summed E-state index contributed by atoms with van der Waals surface area (Å²) in [4.78, 5) is 35.7. The van der Waals surface area contributed by atoms with Gasteiger partial charge in [0, 0.05) is 29.6 Å². The number of carbonyl (C=O) groups is 3. The van der Waals surface area contributed by atoms with Crippen LogP contribution in [0, 0.1) is 6.92 Å². The van der Waals surface area contributed by atoms with Gasteiger partial charge >= 0.3 is 0 Å². The molecule has 3 amide bonds. The van der Waals surface area contributed by atoms with Crippen LogP contribution in [0.1, 0.15) is 42.1 Å². The van der Waals surface area contributed by atoms with Gasteiger partial charge in [-0.2, -0.15) is 0 Å². The van der Waals surface area contributed by atoms with E-state index >= 15 is 0 Å². The van der Waals surface area contributed by atoms with E-state index < -0.39 is 6.04 Å². The number of amides is 3. The standard InChI is InChI=1S/C17H22ClN3O3/c1-10-6-7-12(18)8-13(10)16(23)19-9-11(2)20-17(24)14-4-3-5-15(22)21-14/h6-8,11,14H,3-5,9H2,1-2H3,(H,19,23)(H,20,24)(H,21,22)/t11-,14+/m0/s1. The van der Waals surface area contributed by atoms with Crippen LogP contribution in [0.2, 0.25) is 5.02 Å². The molecule has 1 aliphatic rings. The highest BCUT2D eigenvalue weighted by Gasteiger charge is 2.25. The van der Waals surface area contributed by atoms with Crippen molar-refractivity contribution < 1.29 is 14.4 Å². The number of benzene rings is 1. The van der Waals surface area contributed by atoms with Gasteiger partial charge in [-0.1, -0.05) is 17.7 Å². The third-order valence-electron chi connectivity index (χ3n) is 3.95. The Morgan fingerprint density at radius 3 is 2.88 bits per heavy atom. The summed E-state index contributed by atoms with van der Waals surface area (Å²) >= 11 is 5.92. The highest BCUT2D eigenvalue weighted by Crippen LogP contribution is 2.15. The first-order valence-corrected chi connectivity index (χ1v) is 8.38. The first-order valence-electron chi connectivity index (χ1n) is 8.01. The summed E-state index contributed by atoms with van der Waals surface area (Å²) in [5.74, 6) is -0.551. The molecule has 1 aliphatic heterocycles. The maximum atomic E-state index is 12.2. The largest absolute Gasteiger partial charge is 0.350 e. The SMILES string of the molecule is Cc1ccc(Cl)cc1C(=O)NC[C@H](C)NC(=O)[C@H]1CCCC(=O)N1. The second kappa shape index (κ2) is 8.15. The van der Waals surface area contributed by atoms with Crippen LogP contribution in [0.3, 0.4) is 0 Å². The van der Waals surface area contributed by atoms with E-state index in [1.165, 1.54) is 0 Å². The van der Waals surface area contributed by atoms with Crippen molar-refractivity contribution in [1.82, 2.24) is 16.0 Å². The molecule has 1 aromatic rings. The second-order valence-electron chi connectivity index (χ2n) is 6.09. The van der Waals surface area contributed by atoms with E-state index in [0.29, 0.717) is 29.8 Å². The highest BCUT2D eigenvalue weighted by molar-refractivity contribution is 6.31. The van der Waals surface area contributed by atoms with Crippen molar-refractivity contribution in [2.75, 3.05) is 6.54 Å². The lowest BCUT2D eigenvalue weighted by atomic mass is 10.0. The van der Waals surface area contributed by atoms with Crippen molar-refractivity contribution in [3.05, 3.63) is 34.3 Å². The van der Waals surface area contributed by atoms with Crippen molar-refractivity contribution in [2.24, 2.45) is 0 Å². The minimum Gasteiger partial charge on any atom is -0.350 e. The molecule has 0 radical (unpaired) electrons. The molecule has 2 atom stereocenters. The molecule has 0 spiro atoms. The number of aryl methyl sites for hydroxylation is 1. The Morgan fingerprint density at radius 1 is 1.42 bits per heavy atom. The molecule has 1 fully saturated rings. The Morgan fingerprint density at radius 2 is 2.17 bits per heavy atom. The van der Waals surface area contributed by atoms with Gasteiger partial charge in [0.1, 0.15) is 6.04 Å². The van der Waals surface area contributed by atoms with Gasteiger partial charge in [-0.15, -0.1) is 0 Å². The fourth-order valence-corrected chi connectivity index (χ4v) is 2.75. The van der Waals surface area contributed by atoms with E-state index in [2.05, 4.69) is 16.0 Å². The maximum absolute atomic E-state index is 12.2. The number of piperidine rings is 1. The van der Waals surface area contributed by atoms with Gasteiger partial charge in [0.05, 0.1) is 0 Å². The first kappa shape index (κ1) is 18.3. The van der Waals surface area contributed by atoms with Gasteiger partial charge < -0.3 is 16.0 Å². The quantitative estimate of drug-likeness (QED) is 0.752. The normalized spacial score (nSPS) is 18.5. The zero-order valence-electron chi connectivity index (χ0n) is 13.8. The van der Waals surface area contributed by atoms with Crippen molar-refractivity contribution in [2.45, 2.75) is 45.2 Å². The fraction of sp³-hybridized carbons (Fsp3) is 0.471. The zero-order chi connectivity index (χ0) is 17.7. The number of carbonyl (C=O) groups excluding carboxylic acids is 3. The summed E-state index contributed by atoms with van der Waals surface area (Å²) in [6, 6.07) is 4.40.